The van der Waals surface area contributed by atoms with E-state index in [2.05, 4.69) is 0 Å². The summed E-state index contributed by atoms with van der Waals surface area (Å²) in [6.45, 7) is 6.32. The van der Waals surface area contributed by atoms with Crippen LogP contribution in [0.1, 0.15) is 35.7 Å². The van der Waals surface area contributed by atoms with Crippen molar-refractivity contribution in [3.8, 4) is 0 Å². The van der Waals surface area contributed by atoms with Gasteiger partial charge in [-0.05, 0) is 43.7 Å². The van der Waals surface area contributed by atoms with Crippen LogP contribution in [0.25, 0.3) is 0 Å². The zero-order chi connectivity index (χ0) is 19.4. The van der Waals surface area contributed by atoms with Gasteiger partial charge in [0.15, 0.2) is 0 Å². The smallest absolute Gasteiger partial charge is 0.253 e. The quantitative estimate of drug-likeness (QED) is 0.779. The summed E-state index contributed by atoms with van der Waals surface area (Å²) >= 11 is 5.94. The number of hydrogen-bond acceptors (Lipinski definition) is 2. The van der Waals surface area contributed by atoms with Crippen molar-refractivity contribution in [3.05, 3.63) is 70.7 Å². The molecule has 0 N–H and O–H groups in total. The highest BCUT2D eigenvalue weighted by molar-refractivity contribution is 6.30. The maximum atomic E-state index is 13.1. The summed E-state index contributed by atoms with van der Waals surface area (Å²) in [5.74, 6) is -0.137. The topological polar surface area (TPSA) is 40.6 Å². The molecule has 142 valence electrons. The first-order valence-corrected chi connectivity index (χ1v) is 9.81. The lowest BCUT2D eigenvalue weighted by Gasteiger charge is -2.25. The second-order valence-corrected chi connectivity index (χ2v) is 7.29. The van der Waals surface area contributed by atoms with Crippen LogP contribution in [0.5, 0.6) is 0 Å². The molecule has 0 aliphatic carbocycles. The third-order valence-electron chi connectivity index (χ3n) is 5.32. The molecule has 2 aromatic rings. The van der Waals surface area contributed by atoms with Crippen LogP contribution in [0.15, 0.2) is 54.6 Å². The average Bonchev–Trinajstić information content (AvgIpc) is 3.15. The van der Waals surface area contributed by atoms with Crippen molar-refractivity contribution in [2.45, 2.75) is 19.8 Å². The molecule has 0 bridgehead atoms. The highest BCUT2D eigenvalue weighted by atomic mass is 35.5. The minimum atomic E-state index is -0.219. The number of hydrogen-bond donors (Lipinski definition) is 0. The standard InChI is InChI=1S/C22H25ClN2O2/c1-3-24(4-2)22(27)20-15-25(14-19(20)16-8-6-5-7-9-16)21(26)17-10-12-18(23)13-11-17/h5-13,19-20H,3-4,14-15H2,1-2H3. The first-order valence-electron chi connectivity index (χ1n) is 9.43. The fourth-order valence-corrected chi connectivity index (χ4v) is 3.93. The molecule has 27 heavy (non-hydrogen) atoms. The van der Waals surface area contributed by atoms with Gasteiger partial charge in [-0.2, -0.15) is 0 Å². The molecule has 1 aliphatic rings. The van der Waals surface area contributed by atoms with Crippen LogP contribution in [0, 0.1) is 5.92 Å². The van der Waals surface area contributed by atoms with Crippen molar-refractivity contribution in [3.63, 3.8) is 0 Å². The average molecular weight is 385 g/mol. The van der Waals surface area contributed by atoms with Gasteiger partial charge < -0.3 is 9.80 Å². The Morgan fingerprint density at radius 1 is 1.00 bits per heavy atom. The monoisotopic (exact) mass is 384 g/mol. The molecule has 2 aromatic carbocycles. The second-order valence-electron chi connectivity index (χ2n) is 6.85. The fourth-order valence-electron chi connectivity index (χ4n) is 3.80. The number of benzene rings is 2. The highest BCUT2D eigenvalue weighted by Gasteiger charge is 2.41. The van der Waals surface area contributed by atoms with Crippen molar-refractivity contribution in [2.24, 2.45) is 5.92 Å². The van der Waals surface area contributed by atoms with Gasteiger partial charge in [-0.25, -0.2) is 0 Å². The molecule has 3 rings (SSSR count). The van der Waals surface area contributed by atoms with E-state index in [0.717, 1.165) is 5.56 Å². The van der Waals surface area contributed by atoms with Crippen LogP contribution in [-0.2, 0) is 4.79 Å². The number of carbonyl (C=O) groups is 2. The first kappa shape index (κ1) is 19.4. The number of halogens is 1. The molecule has 2 amide bonds. The maximum absolute atomic E-state index is 13.1. The summed E-state index contributed by atoms with van der Waals surface area (Å²) in [4.78, 5) is 29.7. The molecule has 0 aromatic heterocycles. The Balaban J connectivity index is 1.87. The van der Waals surface area contributed by atoms with Gasteiger partial charge in [0, 0.05) is 42.7 Å². The maximum Gasteiger partial charge on any atom is 0.253 e. The summed E-state index contributed by atoms with van der Waals surface area (Å²) in [5.41, 5.74) is 1.71. The normalized spacial score (nSPS) is 19.1. The van der Waals surface area contributed by atoms with E-state index < -0.39 is 0 Å². The molecule has 1 saturated heterocycles. The Bertz CT molecular complexity index is 788. The summed E-state index contributed by atoms with van der Waals surface area (Å²) in [6.07, 6.45) is 0. The minimum Gasteiger partial charge on any atom is -0.343 e. The van der Waals surface area contributed by atoms with E-state index in [9.17, 15) is 9.59 Å². The van der Waals surface area contributed by atoms with Gasteiger partial charge in [-0.1, -0.05) is 41.9 Å². The van der Waals surface area contributed by atoms with Gasteiger partial charge >= 0.3 is 0 Å². The molecule has 1 heterocycles. The van der Waals surface area contributed by atoms with Crippen molar-refractivity contribution >= 4 is 23.4 Å². The number of nitrogens with zero attached hydrogens (tertiary/aromatic N) is 2. The molecule has 0 saturated carbocycles. The Morgan fingerprint density at radius 2 is 1.63 bits per heavy atom. The lowest BCUT2D eigenvalue weighted by molar-refractivity contribution is -0.135. The molecule has 2 unspecified atom stereocenters. The lowest BCUT2D eigenvalue weighted by Crippen LogP contribution is -2.39. The third-order valence-corrected chi connectivity index (χ3v) is 5.57. The van der Waals surface area contributed by atoms with E-state index in [1.165, 1.54) is 0 Å². The molecule has 0 spiro atoms. The SMILES string of the molecule is CCN(CC)C(=O)C1CN(C(=O)c2ccc(Cl)cc2)CC1c1ccccc1. The van der Waals surface area contributed by atoms with Gasteiger partial charge in [0.2, 0.25) is 5.91 Å². The van der Waals surface area contributed by atoms with Crippen LogP contribution in [0.4, 0.5) is 0 Å². The van der Waals surface area contributed by atoms with E-state index in [1.807, 2.05) is 49.1 Å². The molecular weight excluding hydrogens is 360 g/mol. The Hall–Kier alpha value is -2.33. The number of amides is 2. The summed E-state index contributed by atoms with van der Waals surface area (Å²) in [7, 11) is 0. The van der Waals surface area contributed by atoms with Crippen molar-refractivity contribution in [1.29, 1.82) is 0 Å². The van der Waals surface area contributed by atoms with E-state index in [1.54, 1.807) is 29.2 Å². The third kappa shape index (κ3) is 4.16. The molecule has 5 heteroatoms. The van der Waals surface area contributed by atoms with E-state index >= 15 is 0 Å². The molecule has 4 nitrogen and oxygen atoms in total. The lowest BCUT2D eigenvalue weighted by atomic mass is 9.88. The Labute approximate surface area is 165 Å². The predicted molar refractivity (Wildman–Crippen MR) is 108 cm³/mol. The summed E-state index contributed by atoms with van der Waals surface area (Å²) in [5, 5.41) is 0.602. The number of carbonyl (C=O) groups excluding carboxylic acids is 2. The number of rotatable bonds is 5. The van der Waals surface area contributed by atoms with E-state index in [0.29, 0.717) is 36.8 Å². The van der Waals surface area contributed by atoms with Gasteiger partial charge in [0.25, 0.3) is 5.91 Å². The zero-order valence-corrected chi connectivity index (χ0v) is 16.5. The molecular formula is C22H25ClN2O2. The van der Waals surface area contributed by atoms with Crippen LogP contribution < -0.4 is 0 Å². The largest absolute Gasteiger partial charge is 0.343 e. The first-order chi connectivity index (χ1) is 13.0. The highest BCUT2D eigenvalue weighted by Crippen LogP contribution is 2.34. The van der Waals surface area contributed by atoms with Crippen LogP contribution in [0.3, 0.4) is 0 Å². The van der Waals surface area contributed by atoms with E-state index in [-0.39, 0.29) is 23.7 Å². The van der Waals surface area contributed by atoms with Crippen molar-refractivity contribution in [2.75, 3.05) is 26.2 Å². The molecule has 2 atom stereocenters. The Morgan fingerprint density at radius 3 is 2.22 bits per heavy atom. The molecule has 1 aliphatic heterocycles. The molecule has 1 fully saturated rings. The van der Waals surface area contributed by atoms with Crippen molar-refractivity contribution < 1.29 is 9.59 Å². The van der Waals surface area contributed by atoms with Crippen molar-refractivity contribution in [1.82, 2.24) is 9.80 Å². The van der Waals surface area contributed by atoms with Crippen LogP contribution in [-0.4, -0.2) is 47.8 Å². The predicted octanol–water partition coefficient (Wildman–Crippen LogP) is 4.06. The summed E-state index contributed by atoms with van der Waals surface area (Å²) in [6, 6.07) is 16.9. The fraction of sp³-hybridized carbons (Fsp3) is 0.364. The number of likely N-dealkylation sites (tertiary alicyclic amines) is 1. The minimum absolute atomic E-state index is 0.00977. The van der Waals surface area contributed by atoms with E-state index in [4.69, 9.17) is 11.6 Å². The summed E-state index contributed by atoms with van der Waals surface area (Å²) < 4.78 is 0. The van der Waals surface area contributed by atoms with Gasteiger partial charge in [-0.3, -0.25) is 9.59 Å². The Kier molecular flexibility index (Phi) is 6.17. The van der Waals surface area contributed by atoms with Crippen LogP contribution in [0.2, 0.25) is 5.02 Å². The van der Waals surface area contributed by atoms with Gasteiger partial charge in [0.1, 0.15) is 0 Å². The van der Waals surface area contributed by atoms with Crippen LogP contribution >= 0.6 is 11.6 Å². The molecule has 0 radical (unpaired) electrons. The zero-order valence-electron chi connectivity index (χ0n) is 15.8. The van der Waals surface area contributed by atoms with Gasteiger partial charge in [-0.15, -0.1) is 0 Å². The second kappa shape index (κ2) is 8.57. The van der Waals surface area contributed by atoms with Gasteiger partial charge in [0.05, 0.1) is 5.92 Å².